The van der Waals surface area contributed by atoms with Crippen LogP contribution >= 0.6 is 0 Å². The van der Waals surface area contributed by atoms with Gasteiger partial charge < -0.3 is 10.4 Å². The fourth-order valence-corrected chi connectivity index (χ4v) is 1.65. The molecule has 2 aliphatic heterocycles. The average Bonchev–Trinajstić information content (AvgIpc) is 2.25. The van der Waals surface area contributed by atoms with Crippen LogP contribution in [-0.2, 0) is 4.79 Å². The summed E-state index contributed by atoms with van der Waals surface area (Å²) in [7, 11) is 0. The lowest BCUT2D eigenvalue weighted by atomic mass is 10.0. The Hall–Kier alpha value is -1.26. The largest absolute Gasteiger partial charge is 0.465 e. The number of hydrogen-bond donors (Lipinski definition) is 2. The summed E-state index contributed by atoms with van der Waals surface area (Å²) in [5, 5.41) is 11.2. The van der Waals surface area contributed by atoms with Crippen molar-refractivity contribution in [2.24, 2.45) is 0 Å². The Kier molecular flexibility index (Phi) is 1.10. The van der Waals surface area contributed by atoms with Gasteiger partial charge >= 0.3 is 6.09 Å². The zero-order valence-electron chi connectivity index (χ0n) is 5.78. The molecule has 0 aliphatic carbocycles. The van der Waals surface area contributed by atoms with E-state index in [0.717, 1.165) is 6.42 Å². The van der Waals surface area contributed by atoms with Gasteiger partial charge in [-0.2, -0.15) is 0 Å². The predicted molar refractivity (Wildman–Crippen MR) is 35.1 cm³/mol. The predicted octanol–water partition coefficient (Wildman–Crippen LogP) is -0.763. The molecule has 2 heterocycles. The second-order valence-electron chi connectivity index (χ2n) is 2.82. The van der Waals surface area contributed by atoms with Gasteiger partial charge in [-0.15, -0.1) is 0 Å². The molecule has 0 aromatic heterocycles. The highest BCUT2D eigenvalue weighted by Crippen LogP contribution is 2.24. The van der Waals surface area contributed by atoms with E-state index in [1.165, 1.54) is 4.90 Å². The van der Waals surface area contributed by atoms with Crippen LogP contribution in [-0.4, -0.2) is 40.6 Å². The van der Waals surface area contributed by atoms with Crippen molar-refractivity contribution >= 4 is 12.0 Å². The first kappa shape index (κ1) is 6.45. The average molecular weight is 156 g/mol. The monoisotopic (exact) mass is 156 g/mol. The maximum Gasteiger partial charge on any atom is 0.408 e. The molecule has 11 heavy (non-hydrogen) atoms. The van der Waals surface area contributed by atoms with Crippen molar-refractivity contribution in [3.8, 4) is 0 Å². The van der Waals surface area contributed by atoms with Gasteiger partial charge in [-0.05, 0) is 6.42 Å². The number of rotatable bonds is 0. The van der Waals surface area contributed by atoms with Crippen LogP contribution < -0.4 is 5.32 Å². The van der Waals surface area contributed by atoms with Crippen molar-refractivity contribution in [1.82, 2.24) is 10.2 Å². The summed E-state index contributed by atoms with van der Waals surface area (Å²) in [6.45, 7) is 0.476. The smallest absolute Gasteiger partial charge is 0.408 e. The summed E-state index contributed by atoms with van der Waals surface area (Å²) in [5.74, 6) is -0.157. The highest BCUT2D eigenvalue weighted by atomic mass is 16.4. The van der Waals surface area contributed by atoms with Gasteiger partial charge in [0.25, 0.3) is 0 Å². The van der Waals surface area contributed by atoms with Crippen molar-refractivity contribution in [2.45, 2.75) is 18.5 Å². The van der Waals surface area contributed by atoms with Gasteiger partial charge in [-0.25, -0.2) is 4.79 Å². The quantitative estimate of drug-likeness (QED) is 0.453. The molecule has 1 unspecified atom stereocenters. The van der Waals surface area contributed by atoms with Crippen molar-refractivity contribution in [3.63, 3.8) is 0 Å². The lowest BCUT2D eigenvalue weighted by Crippen LogP contribution is -2.64. The van der Waals surface area contributed by atoms with Crippen LogP contribution in [0.2, 0.25) is 0 Å². The second kappa shape index (κ2) is 1.87. The van der Waals surface area contributed by atoms with Crippen LogP contribution in [0.25, 0.3) is 0 Å². The van der Waals surface area contributed by atoms with E-state index in [2.05, 4.69) is 5.32 Å². The Labute approximate surface area is 63.0 Å². The summed E-state index contributed by atoms with van der Waals surface area (Å²) in [5.41, 5.74) is 0. The SMILES string of the molecule is O=C1N[C@@H]2CCN(C(=O)O)C12. The fourth-order valence-electron chi connectivity index (χ4n) is 1.65. The molecule has 0 aromatic carbocycles. The number of fused-ring (bicyclic) bond motifs is 1. The number of hydrogen-bond acceptors (Lipinski definition) is 2. The number of nitrogens with zero attached hydrogens (tertiary/aromatic N) is 1. The van der Waals surface area contributed by atoms with E-state index >= 15 is 0 Å². The molecule has 0 radical (unpaired) electrons. The van der Waals surface area contributed by atoms with E-state index < -0.39 is 12.1 Å². The summed E-state index contributed by atoms with van der Waals surface area (Å²) in [4.78, 5) is 22.5. The molecule has 5 nitrogen and oxygen atoms in total. The summed E-state index contributed by atoms with van der Waals surface area (Å²) < 4.78 is 0. The summed E-state index contributed by atoms with van der Waals surface area (Å²) in [6.07, 6.45) is -0.241. The third-order valence-corrected chi connectivity index (χ3v) is 2.24. The van der Waals surface area contributed by atoms with Crippen LogP contribution in [0, 0.1) is 0 Å². The maximum absolute atomic E-state index is 10.8. The first-order chi connectivity index (χ1) is 5.20. The van der Waals surface area contributed by atoms with E-state index in [0.29, 0.717) is 6.54 Å². The topological polar surface area (TPSA) is 69.6 Å². The number of nitrogens with one attached hydrogen (secondary N) is 1. The van der Waals surface area contributed by atoms with Gasteiger partial charge in [0.2, 0.25) is 5.91 Å². The zero-order chi connectivity index (χ0) is 8.01. The molecule has 5 heteroatoms. The zero-order valence-corrected chi connectivity index (χ0v) is 5.78. The molecule has 2 aliphatic rings. The molecule has 0 saturated carbocycles. The Morgan fingerprint density at radius 2 is 2.45 bits per heavy atom. The molecule has 2 amide bonds. The van der Waals surface area contributed by atoms with E-state index in [1.807, 2.05) is 0 Å². The van der Waals surface area contributed by atoms with Crippen LogP contribution in [0.4, 0.5) is 4.79 Å². The number of β-lactam (4-membered cyclic amide) rings is 1. The summed E-state index contributed by atoms with van der Waals surface area (Å²) >= 11 is 0. The van der Waals surface area contributed by atoms with Crippen molar-refractivity contribution in [2.75, 3.05) is 6.54 Å². The van der Waals surface area contributed by atoms with Gasteiger partial charge in [0, 0.05) is 6.54 Å². The standard InChI is InChI=1S/C6H8N2O3/c9-5-4-3(7-5)1-2-8(4)6(10)11/h3-4H,1-2H2,(H,7,9)(H,10,11)/t3-,4?/m1/s1. The van der Waals surface area contributed by atoms with Crippen molar-refractivity contribution in [1.29, 1.82) is 0 Å². The number of carbonyl (C=O) groups is 2. The van der Waals surface area contributed by atoms with Gasteiger partial charge in [0.15, 0.2) is 0 Å². The molecule has 2 N–H and O–H groups in total. The number of likely N-dealkylation sites (tertiary alicyclic amines) is 1. The third-order valence-electron chi connectivity index (χ3n) is 2.24. The Morgan fingerprint density at radius 3 is 2.91 bits per heavy atom. The van der Waals surface area contributed by atoms with Crippen molar-refractivity contribution < 1.29 is 14.7 Å². The molecular formula is C6H8N2O3. The minimum Gasteiger partial charge on any atom is -0.465 e. The van der Waals surface area contributed by atoms with Crippen LogP contribution in [0.3, 0.4) is 0 Å². The molecule has 2 rings (SSSR count). The van der Waals surface area contributed by atoms with Gasteiger partial charge in [0.1, 0.15) is 6.04 Å². The molecule has 0 aromatic rings. The normalized spacial score (nSPS) is 34.2. The number of carbonyl (C=O) groups excluding carboxylic acids is 1. The van der Waals surface area contributed by atoms with E-state index in [1.54, 1.807) is 0 Å². The number of amides is 2. The van der Waals surface area contributed by atoms with Crippen LogP contribution in [0.5, 0.6) is 0 Å². The molecule has 60 valence electrons. The molecule has 0 bridgehead atoms. The second-order valence-corrected chi connectivity index (χ2v) is 2.82. The lowest BCUT2D eigenvalue weighted by Gasteiger charge is -2.33. The fraction of sp³-hybridized carbons (Fsp3) is 0.667. The maximum atomic E-state index is 10.8. The van der Waals surface area contributed by atoms with Gasteiger partial charge in [-0.3, -0.25) is 9.69 Å². The highest BCUT2D eigenvalue weighted by Gasteiger charge is 2.49. The molecule has 2 saturated heterocycles. The van der Waals surface area contributed by atoms with Gasteiger partial charge in [-0.1, -0.05) is 0 Å². The Balaban J connectivity index is 2.14. The number of carboxylic acid groups (broad SMARTS) is 1. The van der Waals surface area contributed by atoms with E-state index in [-0.39, 0.29) is 11.9 Å². The van der Waals surface area contributed by atoms with Gasteiger partial charge in [0.05, 0.1) is 6.04 Å². The molecular weight excluding hydrogens is 148 g/mol. The highest BCUT2D eigenvalue weighted by molar-refractivity contribution is 5.92. The third kappa shape index (κ3) is 0.704. The first-order valence-corrected chi connectivity index (χ1v) is 3.50. The first-order valence-electron chi connectivity index (χ1n) is 3.50. The van der Waals surface area contributed by atoms with Crippen LogP contribution in [0.15, 0.2) is 0 Å². The van der Waals surface area contributed by atoms with Crippen LogP contribution in [0.1, 0.15) is 6.42 Å². The van der Waals surface area contributed by atoms with E-state index in [4.69, 9.17) is 5.11 Å². The molecule has 2 atom stereocenters. The van der Waals surface area contributed by atoms with Crippen molar-refractivity contribution in [3.05, 3.63) is 0 Å². The minimum atomic E-state index is -0.993. The summed E-state index contributed by atoms with van der Waals surface area (Å²) in [6, 6.07) is -0.314. The Bertz CT molecular complexity index is 220. The van der Waals surface area contributed by atoms with E-state index in [9.17, 15) is 9.59 Å². The minimum absolute atomic E-state index is 0.0820. The molecule has 2 fully saturated rings. The molecule has 0 spiro atoms. The Morgan fingerprint density at radius 1 is 1.73 bits per heavy atom. The lowest BCUT2D eigenvalue weighted by molar-refractivity contribution is -0.133.